The zero-order valence-corrected chi connectivity index (χ0v) is 10.8. The summed E-state index contributed by atoms with van der Waals surface area (Å²) in [5.41, 5.74) is 10.4. The number of carbonyl (C=O) groups excluding carboxylic acids is 1. The molecule has 0 aliphatic rings. The van der Waals surface area contributed by atoms with Crippen LogP contribution in [0, 0.1) is 20.8 Å². The minimum absolute atomic E-state index is 0. The second-order valence-corrected chi connectivity index (χ2v) is 4.01. The number of aryl methyl sites for hydroxylation is 3. The monoisotopic (exact) mass is 239 g/mol. The molecule has 1 aromatic carbocycles. The predicted octanol–water partition coefficient (Wildman–Crippen LogP) is 2.62. The first-order valence-corrected chi connectivity index (χ1v) is 4.96. The maximum absolute atomic E-state index is 10.9. The highest BCUT2D eigenvalue weighted by atomic mass is 35.5. The molecule has 0 radical (unpaired) electrons. The third kappa shape index (κ3) is 3.38. The van der Waals surface area contributed by atoms with Crippen LogP contribution in [0.4, 0.5) is 0 Å². The molecule has 2 nitrogen and oxygen atoms in total. The van der Waals surface area contributed by atoms with E-state index in [0.717, 1.165) is 5.56 Å². The highest BCUT2D eigenvalue weighted by Crippen LogP contribution is 2.17. The number of nitrogens with two attached hydrogens (primary N) is 1. The third-order valence-corrected chi connectivity index (χ3v) is 2.70. The van der Waals surface area contributed by atoms with Crippen LogP contribution in [-0.2, 0) is 11.2 Å². The van der Waals surface area contributed by atoms with Gasteiger partial charge in [-0.2, -0.15) is 0 Å². The Balaban J connectivity index is 0.00000225. The lowest BCUT2D eigenvalue weighted by Gasteiger charge is -2.09. The van der Waals surface area contributed by atoms with Crippen LogP contribution in [0.2, 0.25) is 0 Å². The van der Waals surface area contributed by atoms with Gasteiger partial charge in [-0.05, 0) is 43.0 Å². The molecule has 0 spiro atoms. The van der Waals surface area contributed by atoms with Crippen LogP contribution < -0.4 is 5.73 Å². The van der Waals surface area contributed by atoms with E-state index in [1.807, 2.05) is 6.92 Å². The Morgan fingerprint density at radius 2 is 1.69 bits per heavy atom. The molecule has 88 valence electrons. The zero-order chi connectivity index (χ0) is 11.6. The highest BCUT2D eigenvalue weighted by Gasteiger charge is 2.07. The molecule has 16 heavy (non-hydrogen) atoms. The van der Waals surface area contributed by atoms with E-state index in [9.17, 15) is 4.79 Å². The van der Waals surface area contributed by atoms with Crippen LogP contribution in [0.1, 0.15) is 22.3 Å². The van der Waals surface area contributed by atoms with Gasteiger partial charge in [-0.25, -0.2) is 0 Å². The normalized spacial score (nSPS) is 9.44. The van der Waals surface area contributed by atoms with E-state index in [1.165, 1.54) is 16.7 Å². The Morgan fingerprint density at radius 1 is 1.19 bits per heavy atom. The Labute approximate surface area is 103 Å². The number of hydrogen-bond donors (Lipinski definition) is 1. The van der Waals surface area contributed by atoms with E-state index >= 15 is 0 Å². The molecule has 2 N–H and O–H groups in total. The summed E-state index contributed by atoms with van der Waals surface area (Å²) in [7, 11) is 0. The van der Waals surface area contributed by atoms with Gasteiger partial charge in [-0.15, -0.1) is 12.4 Å². The number of rotatable bonds is 3. The van der Waals surface area contributed by atoms with Gasteiger partial charge in [0.2, 0.25) is 5.91 Å². The molecule has 0 saturated heterocycles. The fourth-order valence-electron chi connectivity index (χ4n) is 1.53. The van der Waals surface area contributed by atoms with E-state index in [4.69, 9.17) is 5.73 Å². The first-order valence-electron chi connectivity index (χ1n) is 4.96. The molecule has 0 atom stereocenters. The minimum Gasteiger partial charge on any atom is -0.366 e. The molecular formula is C13H18ClNO. The standard InChI is InChI=1S/C13H17NO.ClH/c1-8-5-10(3)12(6-9(8)2)7-11(4)13(14)15;/h5-6H,4,7H2,1-3H3,(H2,14,15);1H. The van der Waals surface area contributed by atoms with Gasteiger partial charge < -0.3 is 5.73 Å². The molecule has 1 amide bonds. The Bertz CT molecular complexity index is 424. The molecule has 0 heterocycles. The van der Waals surface area contributed by atoms with Crippen LogP contribution in [0.25, 0.3) is 0 Å². The zero-order valence-electron chi connectivity index (χ0n) is 9.96. The quantitative estimate of drug-likeness (QED) is 0.810. The summed E-state index contributed by atoms with van der Waals surface area (Å²) in [6.07, 6.45) is 0.544. The minimum atomic E-state index is -0.423. The van der Waals surface area contributed by atoms with Crippen molar-refractivity contribution < 1.29 is 4.79 Å². The van der Waals surface area contributed by atoms with Crippen LogP contribution in [0.3, 0.4) is 0 Å². The lowest BCUT2D eigenvalue weighted by atomic mass is 9.96. The van der Waals surface area contributed by atoms with Crippen LogP contribution in [-0.4, -0.2) is 5.91 Å². The van der Waals surface area contributed by atoms with E-state index in [-0.39, 0.29) is 12.4 Å². The second kappa shape index (κ2) is 5.71. The molecule has 0 fully saturated rings. The summed E-state index contributed by atoms with van der Waals surface area (Å²) >= 11 is 0. The van der Waals surface area contributed by atoms with Crippen LogP contribution in [0.15, 0.2) is 24.3 Å². The predicted molar refractivity (Wildman–Crippen MR) is 69.9 cm³/mol. The second-order valence-electron chi connectivity index (χ2n) is 4.01. The van der Waals surface area contributed by atoms with Gasteiger partial charge in [0.15, 0.2) is 0 Å². The maximum atomic E-state index is 10.9. The Morgan fingerprint density at radius 3 is 2.19 bits per heavy atom. The van der Waals surface area contributed by atoms with E-state index in [0.29, 0.717) is 12.0 Å². The van der Waals surface area contributed by atoms with E-state index in [2.05, 4.69) is 32.6 Å². The summed E-state index contributed by atoms with van der Waals surface area (Å²) < 4.78 is 0. The molecule has 0 saturated carbocycles. The summed E-state index contributed by atoms with van der Waals surface area (Å²) in [6.45, 7) is 9.85. The number of halogens is 1. The molecule has 0 bridgehead atoms. The average molecular weight is 240 g/mol. The first-order chi connectivity index (χ1) is 6.91. The lowest BCUT2D eigenvalue weighted by molar-refractivity contribution is -0.114. The van der Waals surface area contributed by atoms with Crippen LogP contribution in [0.5, 0.6) is 0 Å². The molecule has 0 unspecified atom stereocenters. The van der Waals surface area contributed by atoms with Gasteiger partial charge in [0.25, 0.3) is 0 Å². The van der Waals surface area contributed by atoms with Crippen molar-refractivity contribution >= 4 is 18.3 Å². The topological polar surface area (TPSA) is 43.1 Å². The SMILES string of the molecule is C=C(Cc1cc(C)c(C)cc1C)C(N)=O.Cl. The maximum Gasteiger partial charge on any atom is 0.244 e. The number of carbonyl (C=O) groups is 1. The number of amides is 1. The number of hydrogen-bond acceptors (Lipinski definition) is 1. The first kappa shape index (κ1) is 14.7. The van der Waals surface area contributed by atoms with Crippen molar-refractivity contribution in [3.63, 3.8) is 0 Å². The summed E-state index contributed by atoms with van der Waals surface area (Å²) in [5, 5.41) is 0. The average Bonchev–Trinajstić information content (AvgIpc) is 2.13. The van der Waals surface area contributed by atoms with Gasteiger partial charge in [-0.1, -0.05) is 18.7 Å². The lowest BCUT2D eigenvalue weighted by Crippen LogP contribution is -2.15. The number of primary amides is 1. The third-order valence-electron chi connectivity index (χ3n) is 2.70. The smallest absolute Gasteiger partial charge is 0.244 e. The van der Waals surface area contributed by atoms with Crippen molar-refractivity contribution in [3.8, 4) is 0 Å². The molecule has 3 heteroatoms. The summed E-state index contributed by atoms with van der Waals surface area (Å²) in [4.78, 5) is 10.9. The van der Waals surface area contributed by atoms with Crippen molar-refractivity contribution in [2.75, 3.05) is 0 Å². The molecule has 0 aromatic heterocycles. The van der Waals surface area contributed by atoms with E-state index in [1.54, 1.807) is 0 Å². The molecule has 0 aliphatic heterocycles. The molecule has 1 aromatic rings. The number of benzene rings is 1. The van der Waals surface area contributed by atoms with Crippen LogP contribution >= 0.6 is 12.4 Å². The van der Waals surface area contributed by atoms with Crippen molar-refractivity contribution in [1.82, 2.24) is 0 Å². The fourth-order valence-corrected chi connectivity index (χ4v) is 1.53. The van der Waals surface area contributed by atoms with Crippen molar-refractivity contribution in [3.05, 3.63) is 46.5 Å². The van der Waals surface area contributed by atoms with Crippen molar-refractivity contribution in [1.29, 1.82) is 0 Å². The van der Waals surface area contributed by atoms with E-state index < -0.39 is 5.91 Å². The Hall–Kier alpha value is -1.28. The summed E-state index contributed by atoms with van der Waals surface area (Å²) in [5.74, 6) is -0.423. The van der Waals surface area contributed by atoms with Gasteiger partial charge in [-0.3, -0.25) is 4.79 Å². The largest absolute Gasteiger partial charge is 0.366 e. The van der Waals surface area contributed by atoms with Crippen molar-refractivity contribution in [2.24, 2.45) is 5.73 Å². The highest BCUT2D eigenvalue weighted by molar-refractivity contribution is 5.91. The summed E-state index contributed by atoms with van der Waals surface area (Å²) in [6, 6.07) is 4.22. The molecular weight excluding hydrogens is 222 g/mol. The molecule has 1 rings (SSSR count). The van der Waals surface area contributed by atoms with Gasteiger partial charge >= 0.3 is 0 Å². The molecule has 0 aliphatic carbocycles. The Kier molecular flexibility index (Phi) is 5.25. The van der Waals surface area contributed by atoms with Gasteiger partial charge in [0.05, 0.1) is 0 Å². The van der Waals surface area contributed by atoms with Gasteiger partial charge in [0.1, 0.15) is 0 Å². The van der Waals surface area contributed by atoms with Crippen molar-refractivity contribution in [2.45, 2.75) is 27.2 Å². The van der Waals surface area contributed by atoms with Gasteiger partial charge in [0, 0.05) is 12.0 Å². The fraction of sp³-hybridized carbons (Fsp3) is 0.308.